The molecule has 2 aromatic rings. The Balaban J connectivity index is 2.14. The van der Waals surface area contributed by atoms with Gasteiger partial charge < -0.3 is 10.1 Å². The molecule has 2 aromatic carbocycles. The van der Waals surface area contributed by atoms with Gasteiger partial charge in [-0.15, -0.1) is 0 Å². The molecule has 6 nitrogen and oxygen atoms in total. The fraction of sp³-hybridized carbons (Fsp3) is 0.316. The van der Waals surface area contributed by atoms with Crippen molar-refractivity contribution in [1.82, 2.24) is 4.31 Å². The molecule has 0 saturated heterocycles. The fourth-order valence-corrected chi connectivity index (χ4v) is 3.97. The van der Waals surface area contributed by atoms with E-state index in [-0.39, 0.29) is 23.9 Å². The van der Waals surface area contributed by atoms with E-state index in [0.717, 1.165) is 15.4 Å². The van der Waals surface area contributed by atoms with Gasteiger partial charge in [-0.3, -0.25) is 4.79 Å². The third kappa shape index (κ3) is 4.62. The zero-order chi connectivity index (χ0) is 19.3. The number of hydrogen-bond donors (Lipinski definition) is 1. The lowest BCUT2D eigenvalue weighted by atomic mass is 10.1. The predicted octanol–water partition coefficient (Wildman–Crippen LogP) is 2.96. The van der Waals surface area contributed by atoms with Gasteiger partial charge in [0.1, 0.15) is 5.75 Å². The van der Waals surface area contributed by atoms with E-state index in [2.05, 4.69) is 5.32 Å². The number of sulfonamides is 1. The summed E-state index contributed by atoms with van der Waals surface area (Å²) in [6, 6.07) is 11.8. The van der Waals surface area contributed by atoms with E-state index in [9.17, 15) is 13.2 Å². The van der Waals surface area contributed by atoms with Crippen molar-refractivity contribution in [2.75, 3.05) is 25.5 Å². The van der Waals surface area contributed by atoms with Crippen LogP contribution in [0.5, 0.6) is 5.75 Å². The Morgan fingerprint density at radius 3 is 2.31 bits per heavy atom. The van der Waals surface area contributed by atoms with Crippen molar-refractivity contribution in [3.05, 3.63) is 53.6 Å². The molecule has 0 saturated carbocycles. The third-order valence-corrected chi connectivity index (χ3v) is 5.96. The number of rotatable bonds is 7. The molecule has 7 heteroatoms. The molecule has 0 fully saturated rings. The van der Waals surface area contributed by atoms with Gasteiger partial charge in [0.05, 0.1) is 18.6 Å². The Morgan fingerprint density at radius 1 is 1.12 bits per heavy atom. The summed E-state index contributed by atoms with van der Waals surface area (Å²) in [6.07, 6.45) is 0. The number of hydrogen-bond acceptors (Lipinski definition) is 4. The number of anilines is 1. The first-order chi connectivity index (χ1) is 12.3. The van der Waals surface area contributed by atoms with E-state index in [0.29, 0.717) is 11.4 Å². The highest BCUT2D eigenvalue weighted by atomic mass is 32.2. The Labute approximate surface area is 154 Å². The highest BCUT2D eigenvalue weighted by Crippen LogP contribution is 2.20. The molecule has 0 aliphatic carbocycles. The number of carbonyl (C=O) groups excluding carboxylic acids is 1. The van der Waals surface area contributed by atoms with Crippen LogP contribution in [0.2, 0.25) is 0 Å². The molecule has 0 radical (unpaired) electrons. The molecule has 26 heavy (non-hydrogen) atoms. The van der Waals surface area contributed by atoms with Crippen LogP contribution >= 0.6 is 0 Å². The van der Waals surface area contributed by atoms with Crippen LogP contribution < -0.4 is 10.1 Å². The average Bonchev–Trinajstić information content (AvgIpc) is 2.62. The molecule has 0 aromatic heterocycles. The maximum Gasteiger partial charge on any atom is 0.243 e. The van der Waals surface area contributed by atoms with Gasteiger partial charge >= 0.3 is 0 Å². The summed E-state index contributed by atoms with van der Waals surface area (Å²) in [5, 5.41) is 2.78. The summed E-state index contributed by atoms with van der Waals surface area (Å²) in [7, 11) is -2.25. The van der Waals surface area contributed by atoms with E-state index < -0.39 is 10.0 Å². The number of likely N-dealkylation sites (N-methyl/N-ethyl adjacent to an activating group) is 1. The van der Waals surface area contributed by atoms with Gasteiger partial charge in [0.15, 0.2) is 0 Å². The third-order valence-electron chi connectivity index (χ3n) is 4.03. The Kier molecular flexibility index (Phi) is 6.39. The minimum atomic E-state index is -3.76. The first-order valence-corrected chi connectivity index (χ1v) is 9.73. The highest BCUT2D eigenvalue weighted by molar-refractivity contribution is 7.89. The molecule has 140 valence electrons. The van der Waals surface area contributed by atoms with Gasteiger partial charge in [0, 0.05) is 12.2 Å². The minimum absolute atomic E-state index is 0.125. The van der Waals surface area contributed by atoms with Crippen LogP contribution in [0.15, 0.2) is 47.4 Å². The molecule has 0 spiro atoms. The van der Waals surface area contributed by atoms with E-state index >= 15 is 0 Å². The summed E-state index contributed by atoms with van der Waals surface area (Å²) in [5.74, 6) is 0.190. The Morgan fingerprint density at radius 2 is 1.77 bits per heavy atom. The van der Waals surface area contributed by atoms with Gasteiger partial charge in [0.2, 0.25) is 15.9 Å². The van der Waals surface area contributed by atoms with Crippen LogP contribution in [0.3, 0.4) is 0 Å². The lowest BCUT2D eigenvalue weighted by Crippen LogP contribution is -2.37. The summed E-state index contributed by atoms with van der Waals surface area (Å²) in [5.41, 5.74) is 2.70. The van der Waals surface area contributed by atoms with E-state index in [4.69, 9.17) is 4.74 Å². The maximum atomic E-state index is 12.8. The summed E-state index contributed by atoms with van der Waals surface area (Å²) >= 11 is 0. The van der Waals surface area contributed by atoms with Crippen LogP contribution in [-0.2, 0) is 14.8 Å². The second kappa shape index (κ2) is 8.33. The molecule has 2 rings (SSSR count). The van der Waals surface area contributed by atoms with Crippen LogP contribution in [0.1, 0.15) is 18.1 Å². The lowest BCUT2D eigenvalue weighted by molar-refractivity contribution is -0.116. The number of methoxy groups -OCH3 is 1. The smallest absolute Gasteiger partial charge is 0.243 e. The number of carbonyl (C=O) groups is 1. The van der Waals surface area contributed by atoms with E-state index in [1.165, 1.54) is 19.2 Å². The Hall–Kier alpha value is -2.38. The molecule has 0 unspecified atom stereocenters. The van der Waals surface area contributed by atoms with Crippen molar-refractivity contribution in [3.63, 3.8) is 0 Å². The Bertz CT molecular complexity index is 877. The lowest BCUT2D eigenvalue weighted by Gasteiger charge is -2.20. The molecule has 0 aliphatic heterocycles. The predicted molar refractivity (Wildman–Crippen MR) is 102 cm³/mol. The SMILES string of the molecule is CCN(CC(=O)Nc1ccc(C)cc1C)S(=O)(=O)c1ccc(OC)cc1. The topological polar surface area (TPSA) is 75.7 Å². The maximum absolute atomic E-state index is 12.8. The van der Waals surface area contributed by atoms with Gasteiger partial charge in [0.25, 0.3) is 0 Å². The first kappa shape index (κ1) is 19.9. The normalized spacial score (nSPS) is 11.4. The quantitative estimate of drug-likeness (QED) is 0.806. The minimum Gasteiger partial charge on any atom is -0.497 e. The standard InChI is InChI=1S/C19H24N2O4S/c1-5-21(26(23,24)17-9-7-16(25-4)8-10-17)13-19(22)20-18-11-6-14(2)12-15(18)3/h6-12H,5,13H2,1-4H3,(H,20,22). The molecular formula is C19H24N2O4S. The molecule has 0 bridgehead atoms. The van der Waals surface area contributed by atoms with Crippen LogP contribution in [0.25, 0.3) is 0 Å². The number of aryl methyl sites for hydroxylation is 2. The second-order valence-corrected chi connectivity index (χ2v) is 7.91. The molecule has 0 heterocycles. The summed E-state index contributed by atoms with van der Waals surface area (Å²) in [4.78, 5) is 12.5. The summed E-state index contributed by atoms with van der Waals surface area (Å²) < 4.78 is 31.7. The monoisotopic (exact) mass is 376 g/mol. The van der Waals surface area contributed by atoms with Crippen molar-refractivity contribution in [1.29, 1.82) is 0 Å². The van der Waals surface area contributed by atoms with E-state index in [1.807, 2.05) is 32.0 Å². The number of benzene rings is 2. The van der Waals surface area contributed by atoms with E-state index in [1.54, 1.807) is 19.1 Å². The van der Waals surface area contributed by atoms with Crippen LogP contribution in [0.4, 0.5) is 5.69 Å². The van der Waals surface area contributed by atoms with Crippen molar-refractivity contribution < 1.29 is 17.9 Å². The van der Waals surface area contributed by atoms with Gasteiger partial charge in [-0.1, -0.05) is 24.6 Å². The molecule has 0 aliphatic rings. The van der Waals surface area contributed by atoms with Crippen molar-refractivity contribution in [2.24, 2.45) is 0 Å². The zero-order valence-corrected chi connectivity index (χ0v) is 16.3. The number of nitrogens with zero attached hydrogens (tertiary/aromatic N) is 1. The molecule has 0 atom stereocenters. The van der Waals surface area contributed by atoms with Gasteiger partial charge in [-0.2, -0.15) is 4.31 Å². The number of amides is 1. The average molecular weight is 376 g/mol. The second-order valence-electron chi connectivity index (χ2n) is 5.97. The van der Waals surface area contributed by atoms with Crippen LogP contribution in [-0.4, -0.2) is 38.8 Å². The van der Waals surface area contributed by atoms with Crippen LogP contribution in [0, 0.1) is 13.8 Å². The largest absolute Gasteiger partial charge is 0.497 e. The van der Waals surface area contributed by atoms with Crippen molar-refractivity contribution in [3.8, 4) is 5.75 Å². The number of ether oxygens (including phenoxy) is 1. The molecule has 1 N–H and O–H groups in total. The molecular weight excluding hydrogens is 352 g/mol. The zero-order valence-electron chi connectivity index (χ0n) is 15.4. The fourth-order valence-electron chi connectivity index (χ4n) is 2.57. The van der Waals surface area contributed by atoms with Gasteiger partial charge in [-0.05, 0) is 49.7 Å². The van der Waals surface area contributed by atoms with Gasteiger partial charge in [-0.25, -0.2) is 8.42 Å². The first-order valence-electron chi connectivity index (χ1n) is 8.29. The summed E-state index contributed by atoms with van der Waals surface area (Å²) in [6.45, 7) is 5.51. The molecule has 1 amide bonds. The van der Waals surface area contributed by atoms with Crippen molar-refractivity contribution >= 4 is 21.6 Å². The number of nitrogens with one attached hydrogen (secondary N) is 1. The highest BCUT2D eigenvalue weighted by Gasteiger charge is 2.25. The van der Waals surface area contributed by atoms with Crippen molar-refractivity contribution in [2.45, 2.75) is 25.7 Å².